The lowest BCUT2D eigenvalue weighted by Gasteiger charge is -2.39. The molecule has 0 spiro atoms. The van der Waals surface area contributed by atoms with Gasteiger partial charge in [-0.05, 0) is 49.7 Å². The zero-order valence-electron chi connectivity index (χ0n) is 15.3. The van der Waals surface area contributed by atoms with E-state index in [1.165, 1.54) is 96.1 Å². The second-order valence-corrected chi connectivity index (χ2v) is 8.32. The zero-order chi connectivity index (χ0) is 16.2. The van der Waals surface area contributed by atoms with E-state index in [1.54, 1.807) is 5.56 Å². The number of piperidine rings is 1. The van der Waals surface area contributed by atoms with Gasteiger partial charge < -0.3 is 9.80 Å². The van der Waals surface area contributed by atoms with Crippen LogP contribution in [-0.2, 0) is 6.42 Å². The third-order valence-corrected chi connectivity index (χ3v) is 6.66. The number of nitrogens with zero attached hydrogens (tertiary/aromatic N) is 2. The third kappa shape index (κ3) is 3.79. The highest BCUT2D eigenvalue weighted by Crippen LogP contribution is 2.32. The SMILES string of the molecule is c1ccc2c(c1)CCN2C1CCN(CC2CCCCCCC2)CC1. The molecule has 0 amide bonds. The van der Waals surface area contributed by atoms with Crippen LogP contribution >= 0.6 is 0 Å². The molecule has 132 valence electrons. The van der Waals surface area contributed by atoms with E-state index in [0.29, 0.717) is 0 Å². The summed E-state index contributed by atoms with van der Waals surface area (Å²) >= 11 is 0. The highest BCUT2D eigenvalue weighted by molar-refractivity contribution is 5.58. The number of likely N-dealkylation sites (tertiary alicyclic amines) is 1. The van der Waals surface area contributed by atoms with Crippen LogP contribution in [-0.4, -0.2) is 37.1 Å². The number of benzene rings is 1. The van der Waals surface area contributed by atoms with E-state index in [1.807, 2.05) is 0 Å². The molecule has 4 rings (SSSR count). The molecule has 1 aliphatic carbocycles. The van der Waals surface area contributed by atoms with Gasteiger partial charge in [0.1, 0.15) is 0 Å². The van der Waals surface area contributed by atoms with Gasteiger partial charge in [0.05, 0.1) is 0 Å². The Labute approximate surface area is 148 Å². The molecule has 2 nitrogen and oxygen atoms in total. The molecule has 3 aliphatic rings. The van der Waals surface area contributed by atoms with E-state index in [0.717, 1.165) is 12.0 Å². The molecular formula is C22H34N2. The lowest BCUT2D eigenvalue weighted by Crippen LogP contribution is -2.45. The van der Waals surface area contributed by atoms with E-state index in [9.17, 15) is 0 Å². The molecule has 1 aromatic carbocycles. The Morgan fingerprint density at radius 3 is 2.29 bits per heavy atom. The van der Waals surface area contributed by atoms with Crippen molar-refractivity contribution in [2.75, 3.05) is 31.1 Å². The molecule has 2 aliphatic heterocycles. The highest BCUT2D eigenvalue weighted by atomic mass is 15.2. The summed E-state index contributed by atoms with van der Waals surface area (Å²) in [4.78, 5) is 5.49. The first-order valence-corrected chi connectivity index (χ1v) is 10.5. The van der Waals surface area contributed by atoms with E-state index in [2.05, 4.69) is 34.1 Å². The first kappa shape index (κ1) is 16.4. The summed E-state index contributed by atoms with van der Waals surface area (Å²) in [5.41, 5.74) is 3.09. The third-order valence-electron chi connectivity index (χ3n) is 6.66. The molecule has 1 saturated carbocycles. The van der Waals surface area contributed by atoms with Crippen LogP contribution < -0.4 is 4.90 Å². The second kappa shape index (κ2) is 7.91. The fourth-order valence-corrected chi connectivity index (χ4v) is 5.25. The van der Waals surface area contributed by atoms with E-state index >= 15 is 0 Å². The number of para-hydroxylation sites is 1. The zero-order valence-corrected chi connectivity index (χ0v) is 15.3. The van der Waals surface area contributed by atoms with Crippen LogP contribution in [0.4, 0.5) is 5.69 Å². The Kier molecular flexibility index (Phi) is 5.42. The van der Waals surface area contributed by atoms with Gasteiger partial charge in [0, 0.05) is 37.9 Å². The predicted molar refractivity (Wildman–Crippen MR) is 103 cm³/mol. The van der Waals surface area contributed by atoms with Crippen molar-refractivity contribution in [1.82, 2.24) is 4.90 Å². The molecule has 0 atom stereocenters. The fourth-order valence-electron chi connectivity index (χ4n) is 5.25. The molecule has 2 fully saturated rings. The minimum Gasteiger partial charge on any atom is -0.368 e. The molecular weight excluding hydrogens is 292 g/mol. The van der Waals surface area contributed by atoms with E-state index < -0.39 is 0 Å². The smallest absolute Gasteiger partial charge is 0.0402 e. The Bertz CT molecular complexity index is 510. The molecule has 2 heteroatoms. The van der Waals surface area contributed by atoms with Crippen LogP contribution in [0.25, 0.3) is 0 Å². The average molecular weight is 327 g/mol. The minimum absolute atomic E-state index is 0.780. The Morgan fingerprint density at radius 1 is 0.792 bits per heavy atom. The summed E-state index contributed by atoms with van der Waals surface area (Å²) in [6.07, 6.45) is 14.3. The van der Waals surface area contributed by atoms with Crippen molar-refractivity contribution in [2.45, 2.75) is 70.3 Å². The van der Waals surface area contributed by atoms with E-state index in [-0.39, 0.29) is 0 Å². The maximum Gasteiger partial charge on any atom is 0.0402 e. The van der Waals surface area contributed by atoms with Crippen LogP contribution in [0.5, 0.6) is 0 Å². The fraction of sp³-hybridized carbons (Fsp3) is 0.727. The number of rotatable bonds is 3. The van der Waals surface area contributed by atoms with Crippen LogP contribution in [0.15, 0.2) is 24.3 Å². The maximum atomic E-state index is 2.78. The second-order valence-electron chi connectivity index (χ2n) is 8.32. The largest absolute Gasteiger partial charge is 0.368 e. The number of fused-ring (bicyclic) bond motifs is 1. The lowest BCUT2D eigenvalue weighted by molar-refractivity contribution is 0.167. The predicted octanol–water partition coefficient (Wildman–Crippen LogP) is 4.87. The molecule has 0 N–H and O–H groups in total. The van der Waals surface area contributed by atoms with Gasteiger partial charge in [-0.15, -0.1) is 0 Å². The molecule has 1 saturated heterocycles. The average Bonchev–Trinajstić information content (AvgIpc) is 3.02. The Hall–Kier alpha value is -1.02. The molecule has 24 heavy (non-hydrogen) atoms. The van der Waals surface area contributed by atoms with Crippen LogP contribution in [0, 0.1) is 5.92 Å². The minimum atomic E-state index is 0.780. The molecule has 0 radical (unpaired) electrons. The normalized spacial score (nSPS) is 24.6. The summed E-state index contributed by atoms with van der Waals surface area (Å²) in [6.45, 7) is 5.26. The van der Waals surface area contributed by atoms with Crippen molar-refractivity contribution in [1.29, 1.82) is 0 Å². The highest BCUT2D eigenvalue weighted by Gasteiger charge is 2.29. The van der Waals surface area contributed by atoms with E-state index in [4.69, 9.17) is 0 Å². The standard InChI is InChI=1S/C22H34N2/c1-2-4-8-19(9-5-3-1)18-23-15-13-21(14-16-23)24-17-12-20-10-6-7-11-22(20)24/h6-7,10-11,19,21H,1-5,8-9,12-18H2. The lowest BCUT2D eigenvalue weighted by atomic mass is 9.90. The van der Waals surface area contributed by atoms with Crippen molar-refractivity contribution in [2.24, 2.45) is 5.92 Å². The van der Waals surface area contributed by atoms with Crippen molar-refractivity contribution >= 4 is 5.69 Å². The maximum absolute atomic E-state index is 2.78. The van der Waals surface area contributed by atoms with Gasteiger partial charge in [-0.1, -0.05) is 50.3 Å². The van der Waals surface area contributed by atoms with Gasteiger partial charge >= 0.3 is 0 Å². The summed E-state index contributed by atoms with van der Waals surface area (Å²) in [5.74, 6) is 0.981. The molecule has 2 heterocycles. The van der Waals surface area contributed by atoms with Crippen LogP contribution in [0.1, 0.15) is 63.4 Å². The quantitative estimate of drug-likeness (QED) is 0.781. The van der Waals surface area contributed by atoms with Gasteiger partial charge in [-0.3, -0.25) is 0 Å². The van der Waals surface area contributed by atoms with Crippen molar-refractivity contribution in [3.05, 3.63) is 29.8 Å². The number of hydrogen-bond acceptors (Lipinski definition) is 2. The number of anilines is 1. The Morgan fingerprint density at radius 2 is 1.50 bits per heavy atom. The summed E-state index contributed by atoms with van der Waals surface area (Å²) in [6, 6.07) is 9.84. The monoisotopic (exact) mass is 326 g/mol. The topological polar surface area (TPSA) is 6.48 Å². The van der Waals surface area contributed by atoms with Gasteiger partial charge in [0.15, 0.2) is 0 Å². The molecule has 0 unspecified atom stereocenters. The molecule has 1 aromatic rings. The van der Waals surface area contributed by atoms with Crippen LogP contribution in [0.2, 0.25) is 0 Å². The first-order chi connectivity index (χ1) is 11.9. The van der Waals surface area contributed by atoms with Crippen molar-refractivity contribution in [3.8, 4) is 0 Å². The summed E-state index contributed by atoms with van der Waals surface area (Å²) in [7, 11) is 0. The first-order valence-electron chi connectivity index (χ1n) is 10.5. The van der Waals surface area contributed by atoms with Gasteiger partial charge in [0.2, 0.25) is 0 Å². The summed E-state index contributed by atoms with van der Waals surface area (Å²) in [5, 5.41) is 0. The van der Waals surface area contributed by atoms with Crippen molar-refractivity contribution in [3.63, 3.8) is 0 Å². The van der Waals surface area contributed by atoms with Gasteiger partial charge in [-0.2, -0.15) is 0 Å². The van der Waals surface area contributed by atoms with Gasteiger partial charge in [0.25, 0.3) is 0 Å². The molecule has 0 bridgehead atoms. The number of hydrogen-bond donors (Lipinski definition) is 0. The van der Waals surface area contributed by atoms with Crippen molar-refractivity contribution < 1.29 is 0 Å². The summed E-state index contributed by atoms with van der Waals surface area (Å²) < 4.78 is 0. The Balaban J connectivity index is 1.28. The van der Waals surface area contributed by atoms with Gasteiger partial charge in [-0.25, -0.2) is 0 Å². The molecule has 0 aromatic heterocycles. The van der Waals surface area contributed by atoms with Crippen LogP contribution in [0.3, 0.4) is 0 Å².